The number of nitrogens with one attached hydrogen (secondary N) is 1. The van der Waals surface area contributed by atoms with Crippen LogP contribution in [-0.2, 0) is 6.42 Å². The molecule has 1 saturated heterocycles. The van der Waals surface area contributed by atoms with Crippen molar-refractivity contribution in [3.8, 4) is 5.75 Å². The van der Waals surface area contributed by atoms with Gasteiger partial charge in [-0.25, -0.2) is 4.39 Å². The molecule has 2 aliphatic rings. The Balaban J connectivity index is 1.39. The largest absolute Gasteiger partial charge is 0.491 e. The van der Waals surface area contributed by atoms with Crippen LogP contribution in [0.15, 0.2) is 30.6 Å². The normalized spacial score (nSPS) is 19.9. The fraction of sp³-hybridized carbons (Fsp3) is 0.478. The Morgan fingerprint density at radius 1 is 1.18 bits per heavy atom. The molecule has 2 aliphatic heterocycles. The van der Waals surface area contributed by atoms with E-state index in [0.29, 0.717) is 31.6 Å². The Labute approximate surface area is 192 Å². The van der Waals surface area contributed by atoms with Gasteiger partial charge in [-0.3, -0.25) is 24.3 Å². The SMILES string of the molecule is FCC1CN(CCOc2cnc(C3c4ccc5[nH]ncc5c4CCN3CC(F)(F)F)c(F)c2)C1. The Bertz CT molecular complexity index is 1160. The van der Waals surface area contributed by atoms with Gasteiger partial charge < -0.3 is 4.74 Å². The van der Waals surface area contributed by atoms with Gasteiger partial charge in [0.15, 0.2) is 0 Å². The molecular weight excluding hydrogens is 457 g/mol. The summed E-state index contributed by atoms with van der Waals surface area (Å²) in [4.78, 5) is 7.46. The molecule has 1 N–H and O–H groups in total. The lowest BCUT2D eigenvalue weighted by atomic mass is 9.88. The summed E-state index contributed by atoms with van der Waals surface area (Å²) < 4.78 is 73.4. The van der Waals surface area contributed by atoms with Crippen molar-refractivity contribution in [2.45, 2.75) is 18.6 Å². The number of H-pyrrole nitrogens is 1. The van der Waals surface area contributed by atoms with Crippen molar-refractivity contribution in [1.29, 1.82) is 0 Å². The summed E-state index contributed by atoms with van der Waals surface area (Å²) in [7, 11) is 0. The second-order valence-corrected chi connectivity index (χ2v) is 8.87. The Hall–Kier alpha value is -2.79. The first-order valence-corrected chi connectivity index (χ1v) is 11.1. The van der Waals surface area contributed by atoms with Crippen LogP contribution in [0.5, 0.6) is 5.75 Å². The minimum atomic E-state index is -4.44. The van der Waals surface area contributed by atoms with Gasteiger partial charge >= 0.3 is 6.18 Å². The van der Waals surface area contributed by atoms with E-state index in [-0.39, 0.29) is 37.2 Å². The molecule has 5 rings (SSSR count). The van der Waals surface area contributed by atoms with Crippen LogP contribution in [0.4, 0.5) is 22.0 Å². The second kappa shape index (κ2) is 9.10. The molecule has 0 aliphatic carbocycles. The lowest BCUT2D eigenvalue weighted by molar-refractivity contribution is -0.150. The van der Waals surface area contributed by atoms with Crippen molar-refractivity contribution in [3.63, 3.8) is 0 Å². The number of halogens is 5. The van der Waals surface area contributed by atoms with E-state index in [2.05, 4.69) is 15.2 Å². The highest BCUT2D eigenvalue weighted by atomic mass is 19.4. The summed E-state index contributed by atoms with van der Waals surface area (Å²) in [6.45, 7) is 0.805. The zero-order valence-electron chi connectivity index (χ0n) is 18.3. The van der Waals surface area contributed by atoms with Gasteiger partial charge in [-0.05, 0) is 23.6 Å². The van der Waals surface area contributed by atoms with Crippen molar-refractivity contribution in [3.05, 3.63) is 53.2 Å². The number of nitrogens with zero attached hydrogens (tertiary/aromatic N) is 4. The number of aromatic nitrogens is 3. The molecule has 11 heteroatoms. The highest BCUT2D eigenvalue weighted by molar-refractivity contribution is 5.83. The molecule has 0 amide bonds. The topological polar surface area (TPSA) is 57.3 Å². The van der Waals surface area contributed by atoms with Crippen molar-refractivity contribution < 1.29 is 26.7 Å². The molecule has 0 saturated carbocycles. The van der Waals surface area contributed by atoms with E-state index in [0.717, 1.165) is 16.5 Å². The van der Waals surface area contributed by atoms with Gasteiger partial charge in [0.05, 0.1) is 42.9 Å². The first-order chi connectivity index (χ1) is 16.3. The summed E-state index contributed by atoms with van der Waals surface area (Å²) in [6, 6.07) is 3.63. The molecule has 1 atom stereocenters. The minimum Gasteiger partial charge on any atom is -0.491 e. The van der Waals surface area contributed by atoms with E-state index >= 15 is 4.39 Å². The van der Waals surface area contributed by atoms with Gasteiger partial charge in [-0.2, -0.15) is 18.3 Å². The molecule has 4 heterocycles. The summed E-state index contributed by atoms with van der Waals surface area (Å²) in [5.74, 6) is -0.455. The standard InChI is InChI=1S/C23H24F5N5O/c24-8-14-11-32(12-14)5-6-34-15-7-19(25)21(29-9-15)22-17-1-2-20-18(10-30-31-20)16(17)3-4-33(22)13-23(26,27)28/h1-2,7,9-10,14,22H,3-6,8,11-13H2,(H,30,31). The van der Waals surface area contributed by atoms with E-state index in [1.807, 2.05) is 4.90 Å². The van der Waals surface area contributed by atoms with E-state index in [1.54, 1.807) is 18.3 Å². The zero-order chi connectivity index (χ0) is 23.9. The van der Waals surface area contributed by atoms with Crippen LogP contribution in [0.3, 0.4) is 0 Å². The van der Waals surface area contributed by atoms with Crippen molar-refractivity contribution in [2.75, 3.05) is 46.0 Å². The lowest BCUT2D eigenvalue weighted by Crippen LogP contribution is -2.49. The maximum absolute atomic E-state index is 15.2. The molecule has 182 valence electrons. The molecule has 0 radical (unpaired) electrons. The van der Waals surface area contributed by atoms with Gasteiger partial charge in [0.1, 0.15) is 18.2 Å². The smallest absolute Gasteiger partial charge is 0.401 e. The molecule has 0 bridgehead atoms. The number of likely N-dealkylation sites (tertiary alicyclic amines) is 1. The van der Waals surface area contributed by atoms with Crippen LogP contribution in [0.1, 0.15) is 22.9 Å². The maximum atomic E-state index is 15.2. The third kappa shape index (κ3) is 4.58. The molecule has 2 aromatic heterocycles. The molecule has 1 fully saturated rings. The van der Waals surface area contributed by atoms with Crippen molar-refractivity contribution in [2.24, 2.45) is 5.92 Å². The molecule has 34 heavy (non-hydrogen) atoms. The van der Waals surface area contributed by atoms with Crippen LogP contribution in [0, 0.1) is 11.7 Å². The fourth-order valence-corrected chi connectivity index (χ4v) is 4.89. The predicted molar refractivity (Wildman–Crippen MR) is 115 cm³/mol. The third-order valence-electron chi connectivity index (χ3n) is 6.49. The first-order valence-electron chi connectivity index (χ1n) is 11.1. The number of alkyl halides is 4. The van der Waals surface area contributed by atoms with Gasteiger partial charge in [0.2, 0.25) is 0 Å². The predicted octanol–water partition coefficient (Wildman–Crippen LogP) is 3.89. The average molecular weight is 481 g/mol. The quantitative estimate of drug-likeness (QED) is 0.519. The van der Waals surface area contributed by atoms with Crippen LogP contribution in [0.25, 0.3) is 10.9 Å². The number of ether oxygens (including phenoxy) is 1. The van der Waals surface area contributed by atoms with Crippen LogP contribution in [-0.4, -0.2) is 77.2 Å². The number of benzene rings is 1. The van der Waals surface area contributed by atoms with E-state index < -0.39 is 24.6 Å². The number of fused-ring (bicyclic) bond motifs is 3. The molecule has 1 unspecified atom stereocenters. The van der Waals surface area contributed by atoms with E-state index in [1.165, 1.54) is 17.2 Å². The minimum absolute atomic E-state index is 0.0692. The highest BCUT2D eigenvalue weighted by Crippen LogP contribution is 2.40. The number of rotatable bonds is 7. The lowest BCUT2D eigenvalue weighted by Gasteiger charge is -2.38. The summed E-state index contributed by atoms with van der Waals surface area (Å²) in [5.41, 5.74) is 2.13. The maximum Gasteiger partial charge on any atom is 0.401 e. The van der Waals surface area contributed by atoms with E-state index in [9.17, 15) is 17.6 Å². The Kier molecular flexibility index (Phi) is 6.15. The molecule has 3 aromatic rings. The number of aromatic amines is 1. The van der Waals surface area contributed by atoms with Gasteiger partial charge in [0, 0.05) is 43.5 Å². The molecule has 0 spiro atoms. The molecular formula is C23H24F5N5O. The zero-order valence-corrected chi connectivity index (χ0v) is 18.3. The fourth-order valence-electron chi connectivity index (χ4n) is 4.89. The van der Waals surface area contributed by atoms with Gasteiger partial charge in [-0.15, -0.1) is 0 Å². The van der Waals surface area contributed by atoms with Crippen LogP contribution >= 0.6 is 0 Å². The highest BCUT2D eigenvalue weighted by Gasteiger charge is 2.39. The Morgan fingerprint density at radius 3 is 2.74 bits per heavy atom. The van der Waals surface area contributed by atoms with Gasteiger partial charge in [0.25, 0.3) is 0 Å². The molecule has 6 nitrogen and oxygen atoms in total. The summed E-state index contributed by atoms with van der Waals surface area (Å²) >= 11 is 0. The van der Waals surface area contributed by atoms with Crippen molar-refractivity contribution >= 4 is 10.9 Å². The number of pyridine rings is 1. The van der Waals surface area contributed by atoms with Crippen LogP contribution < -0.4 is 4.74 Å². The monoisotopic (exact) mass is 481 g/mol. The Morgan fingerprint density at radius 2 is 2.00 bits per heavy atom. The summed E-state index contributed by atoms with van der Waals surface area (Å²) in [5, 5.41) is 7.71. The third-order valence-corrected chi connectivity index (χ3v) is 6.49. The van der Waals surface area contributed by atoms with Gasteiger partial charge in [-0.1, -0.05) is 6.07 Å². The van der Waals surface area contributed by atoms with Crippen molar-refractivity contribution in [1.82, 2.24) is 25.0 Å². The first kappa shape index (κ1) is 23.0. The van der Waals surface area contributed by atoms with Crippen LogP contribution in [0.2, 0.25) is 0 Å². The number of hydrogen-bond donors (Lipinski definition) is 1. The number of hydrogen-bond acceptors (Lipinski definition) is 5. The second-order valence-electron chi connectivity index (χ2n) is 8.87. The summed E-state index contributed by atoms with van der Waals surface area (Å²) in [6.07, 6.45) is -1.07. The molecule has 1 aromatic carbocycles. The average Bonchev–Trinajstić information content (AvgIpc) is 3.24. The van der Waals surface area contributed by atoms with E-state index in [4.69, 9.17) is 4.74 Å².